The Bertz CT molecular complexity index is 504. The van der Waals surface area contributed by atoms with Gasteiger partial charge in [0.1, 0.15) is 5.82 Å². The smallest absolute Gasteiger partial charge is 0.254 e. The predicted molar refractivity (Wildman–Crippen MR) is 76.5 cm³/mol. The van der Waals surface area contributed by atoms with Crippen LogP contribution in [-0.2, 0) is 4.79 Å². The average molecular weight is 276 g/mol. The van der Waals surface area contributed by atoms with Gasteiger partial charge in [-0.1, -0.05) is 0 Å². The van der Waals surface area contributed by atoms with E-state index in [9.17, 15) is 9.59 Å². The van der Waals surface area contributed by atoms with Gasteiger partial charge in [-0.15, -0.1) is 0 Å². The van der Waals surface area contributed by atoms with Crippen LogP contribution in [0.25, 0.3) is 0 Å². The Balaban J connectivity index is 2.06. The van der Waals surface area contributed by atoms with Crippen molar-refractivity contribution in [3.63, 3.8) is 0 Å². The number of nitrogens with zero attached hydrogens (tertiary/aromatic N) is 2. The summed E-state index contributed by atoms with van der Waals surface area (Å²) < 4.78 is 0. The topological polar surface area (TPSA) is 74.3 Å². The first kappa shape index (κ1) is 14.3. The van der Waals surface area contributed by atoms with Gasteiger partial charge in [-0.05, 0) is 25.0 Å². The molecule has 1 aromatic rings. The molecule has 1 aliphatic heterocycles. The van der Waals surface area contributed by atoms with E-state index in [2.05, 4.69) is 15.6 Å². The predicted octanol–water partition coefficient (Wildman–Crippen LogP) is 0.864. The summed E-state index contributed by atoms with van der Waals surface area (Å²) in [5.74, 6) is 0.607. The number of amides is 2. The molecular formula is C14H20N4O2. The molecule has 20 heavy (non-hydrogen) atoms. The van der Waals surface area contributed by atoms with E-state index in [0.29, 0.717) is 17.9 Å². The average Bonchev–Trinajstić information content (AvgIpc) is 2.46. The van der Waals surface area contributed by atoms with E-state index >= 15 is 0 Å². The van der Waals surface area contributed by atoms with Gasteiger partial charge in [0.2, 0.25) is 5.91 Å². The van der Waals surface area contributed by atoms with Gasteiger partial charge >= 0.3 is 0 Å². The lowest BCUT2D eigenvalue weighted by atomic mass is 10.0. The minimum absolute atomic E-state index is 0.0149. The highest BCUT2D eigenvalue weighted by atomic mass is 16.2. The van der Waals surface area contributed by atoms with Crippen molar-refractivity contribution in [2.75, 3.05) is 25.5 Å². The van der Waals surface area contributed by atoms with Crippen LogP contribution in [0, 0.1) is 0 Å². The van der Waals surface area contributed by atoms with Gasteiger partial charge in [-0.25, -0.2) is 4.98 Å². The quantitative estimate of drug-likeness (QED) is 0.859. The monoisotopic (exact) mass is 276 g/mol. The molecule has 1 aromatic heterocycles. The van der Waals surface area contributed by atoms with Crippen molar-refractivity contribution in [3.05, 3.63) is 23.9 Å². The van der Waals surface area contributed by atoms with Crippen molar-refractivity contribution in [1.29, 1.82) is 0 Å². The maximum absolute atomic E-state index is 12.5. The number of piperidine rings is 1. The summed E-state index contributed by atoms with van der Waals surface area (Å²) in [7, 11) is 1.77. The van der Waals surface area contributed by atoms with Crippen LogP contribution in [0.4, 0.5) is 5.82 Å². The highest BCUT2D eigenvalue weighted by molar-refractivity contribution is 5.95. The van der Waals surface area contributed by atoms with Crippen molar-refractivity contribution in [2.24, 2.45) is 0 Å². The summed E-state index contributed by atoms with van der Waals surface area (Å²) in [6, 6.07) is 3.51. The minimum atomic E-state index is -0.0503. The molecule has 0 radical (unpaired) electrons. The third kappa shape index (κ3) is 3.46. The third-order valence-electron chi connectivity index (χ3n) is 3.38. The normalized spacial score (nSPS) is 18.5. The van der Waals surface area contributed by atoms with Crippen LogP contribution < -0.4 is 10.6 Å². The fraction of sp³-hybridized carbons (Fsp3) is 0.500. The largest absolute Gasteiger partial charge is 0.373 e. The highest BCUT2D eigenvalue weighted by Gasteiger charge is 2.25. The molecule has 6 heteroatoms. The van der Waals surface area contributed by atoms with Gasteiger partial charge in [-0.3, -0.25) is 9.59 Å². The zero-order valence-corrected chi connectivity index (χ0v) is 11.8. The van der Waals surface area contributed by atoms with Gasteiger partial charge in [0, 0.05) is 44.9 Å². The summed E-state index contributed by atoms with van der Waals surface area (Å²) in [4.78, 5) is 29.5. The lowest BCUT2D eigenvalue weighted by molar-refractivity contribution is -0.120. The molecule has 1 fully saturated rings. The van der Waals surface area contributed by atoms with Gasteiger partial charge in [0.15, 0.2) is 0 Å². The molecule has 0 bridgehead atoms. The standard InChI is InChI=1S/C14H20N4O2/c1-10(19)17-12-4-3-7-18(9-12)14(20)11-5-6-16-13(8-11)15-2/h5-6,8,12H,3-4,7,9H2,1-2H3,(H,15,16)(H,17,19)/t12-/m1/s1. The second kappa shape index (κ2) is 6.36. The van der Waals surface area contributed by atoms with Gasteiger partial charge < -0.3 is 15.5 Å². The molecule has 2 N–H and O–H groups in total. The lowest BCUT2D eigenvalue weighted by Gasteiger charge is -2.33. The molecule has 0 aromatic carbocycles. The number of aromatic nitrogens is 1. The number of carbonyl (C=O) groups is 2. The maximum atomic E-state index is 12.5. The summed E-state index contributed by atoms with van der Waals surface area (Å²) in [5.41, 5.74) is 0.618. The molecule has 2 amide bonds. The molecule has 0 spiro atoms. The van der Waals surface area contributed by atoms with Crippen LogP contribution in [-0.4, -0.2) is 47.9 Å². The first-order chi connectivity index (χ1) is 9.60. The Morgan fingerprint density at radius 2 is 2.25 bits per heavy atom. The van der Waals surface area contributed by atoms with E-state index in [-0.39, 0.29) is 17.9 Å². The molecule has 0 saturated carbocycles. The number of pyridine rings is 1. The van der Waals surface area contributed by atoms with E-state index in [1.165, 1.54) is 6.92 Å². The van der Waals surface area contributed by atoms with E-state index in [0.717, 1.165) is 19.4 Å². The molecule has 0 aliphatic carbocycles. The SMILES string of the molecule is CNc1cc(C(=O)N2CCC[C@@H](NC(C)=O)C2)ccn1. The van der Waals surface area contributed by atoms with E-state index in [1.54, 1.807) is 30.3 Å². The molecule has 1 saturated heterocycles. The second-order valence-electron chi connectivity index (χ2n) is 4.97. The Morgan fingerprint density at radius 3 is 2.95 bits per heavy atom. The van der Waals surface area contributed by atoms with Crippen LogP contribution in [0.5, 0.6) is 0 Å². The summed E-state index contributed by atoms with van der Waals surface area (Å²) >= 11 is 0. The Labute approximate surface area is 118 Å². The first-order valence-corrected chi connectivity index (χ1v) is 6.80. The van der Waals surface area contributed by atoms with Crippen LogP contribution in [0.2, 0.25) is 0 Å². The van der Waals surface area contributed by atoms with E-state index in [4.69, 9.17) is 0 Å². The Hall–Kier alpha value is -2.11. The van der Waals surface area contributed by atoms with Crippen LogP contribution in [0.15, 0.2) is 18.3 Å². The first-order valence-electron chi connectivity index (χ1n) is 6.80. The zero-order valence-electron chi connectivity index (χ0n) is 11.8. The molecule has 2 rings (SSSR count). The third-order valence-corrected chi connectivity index (χ3v) is 3.38. The summed E-state index contributed by atoms with van der Waals surface area (Å²) in [6.07, 6.45) is 3.44. The van der Waals surface area contributed by atoms with Gasteiger partial charge in [0.25, 0.3) is 5.91 Å². The summed E-state index contributed by atoms with van der Waals surface area (Å²) in [6.45, 7) is 2.80. The number of hydrogen-bond donors (Lipinski definition) is 2. The van der Waals surface area contributed by atoms with E-state index in [1.807, 2.05) is 0 Å². The van der Waals surface area contributed by atoms with Gasteiger partial charge in [-0.2, -0.15) is 0 Å². The minimum Gasteiger partial charge on any atom is -0.373 e. The lowest BCUT2D eigenvalue weighted by Crippen LogP contribution is -2.49. The molecular weight excluding hydrogens is 256 g/mol. The Morgan fingerprint density at radius 1 is 1.45 bits per heavy atom. The van der Waals surface area contributed by atoms with Crippen molar-refractivity contribution >= 4 is 17.6 Å². The van der Waals surface area contributed by atoms with E-state index < -0.39 is 0 Å². The van der Waals surface area contributed by atoms with Crippen LogP contribution in [0.1, 0.15) is 30.1 Å². The number of nitrogens with one attached hydrogen (secondary N) is 2. The zero-order chi connectivity index (χ0) is 14.5. The molecule has 6 nitrogen and oxygen atoms in total. The summed E-state index contributed by atoms with van der Waals surface area (Å²) in [5, 5.41) is 5.80. The van der Waals surface area contributed by atoms with Crippen molar-refractivity contribution in [1.82, 2.24) is 15.2 Å². The number of anilines is 1. The molecule has 2 heterocycles. The highest BCUT2D eigenvalue weighted by Crippen LogP contribution is 2.15. The second-order valence-corrected chi connectivity index (χ2v) is 4.97. The Kier molecular flexibility index (Phi) is 4.55. The molecule has 1 aliphatic rings. The van der Waals surface area contributed by atoms with Crippen molar-refractivity contribution in [3.8, 4) is 0 Å². The number of carbonyl (C=O) groups excluding carboxylic acids is 2. The van der Waals surface area contributed by atoms with Crippen molar-refractivity contribution in [2.45, 2.75) is 25.8 Å². The number of likely N-dealkylation sites (tertiary alicyclic amines) is 1. The maximum Gasteiger partial charge on any atom is 0.254 e. The van der Waals surface area contributed by atoms with Crippen LogP contribution in [0.3, 0.4) is 0 Å². The molecule has 108 valence electrons. The van der Waals surface area contributed by atoms with Crippen molar-refractivity contribution < 1.29 is 9.59 Å². The number of rotatable bonds is 3. The molecule has 0 unspecified atom stereocenters. The van der Waals surface area contributed by atoms with Crippen LogP contribution >= 0.6 is 0 Å². The molecule has 1 atom stereocenters. The fourth-order valence-electron chi connectivity index (χ4n) is 2.45. The van der Waals surface area contributed by atoms with Gasteiger partial charge in [0.05, 0.1) is 0 Å². The number of hydrogen-bond acceptors (Lipinski definition) is 4. The fourth-order valence-corrected chi connectivity index (χ4v) is 2.45.